The fourth-order valence-electron chi connectivity index (χ4n) is 3.18. The largest absolute Gasteiger partial charge is 0.485 e. The number of rotatable bonds is 4. The predicted octanol–water partition coefficient (Wildman–Crippen LogP) is 2.75. The van der Waals surface area contributed by atoms with E-state index in [1.807, 2.05) is 24.3 Å². The highest BCUT2D eigenvalue weighted by molar-refractivity contribution is 5.82. The molecule has 108 valence electrons. The Labute approximate surface area is 118 Å². The zero-order valence-electron chi connectivity index (χ0n) is 11.5. The summed E-state index contributed by atoms with van der Waals surface area (Å²) in [4.78, 5) is 11.9. The van der Waals surface area contributed by atoms with E-state index in [0.717, 1.165) is 24.8 Å². The summed E-state index contributed by atoms with van der Waals surface area (Å²) < 4.78 is 11.0. The second-order valence-electron chi connectivity index (χ2n) is 5.72. The van der Waals surface area contributed by atoms with Crippen molar-refractivity contribution >= 4 is 5.97 Å². The summed E-state index contributed by atoms with van der Waals surface area (Å²) in [6.45, 7) is 1.18. The van der Waals surface area contributed by atoms with Crippen LogP contribution in [0.25, 0.3) is 0 Å². The maximum absolute atomic E-state index is 11.9. The number of carboxylic acids is 1. The summed E-state index contributed by atoms with van der Waals surface area (Å²) in [6, 6.07) is 7.59. The van der Waals surface area contributed by atoms with Crippen molar-refractivity contribution in [3.63, 3.8) is 0 Å². The van der Waals surface area contributed by atoms with Crippen LogP contribution >= 0.6 is 0 Å². The minimum atomic E-state index is -0.778. The van der Waals surface area contributed by atoms with Gasteiger partial charge in [-0.15, -0.1) is 0 Å². The van der Waals surface area contributed by atoms with Gasteiger partial charge in [0.1, 0.15) is 11.9 Å². The Morgan fingerprint density at radius 1 is 1.20 bits per heavy atom. The summed E-state index contributed by atoms with van der Waals surface area (Å²) in [7, 11) is 0. The summed E-state index contributed by atoms with van der Waals surface area (Å²) in [5.41, 5.74) is 0.0542. The topological polar surface area (TPSA) is 55.8 Å². The minimum absolute atomic E-state index is 0.0607. The molecule has 0 bridgehead atoms. The number of hydrogen-bond donors (Lipinski definition) is 1. The predicted molar refractivity (Wildman–Crippen MR) is 74.1 cm³/mol. The number of aliphatic carboxylic acids is 1. The van der Waals surface area contributed by atoms with Crippen molar-refractivity contribution < 1.29 is 19.4 Å². The van der Waals surface area contributed by atoms with Gasteiger partial charge in [0.15, 0.2) is 0 Å². The van der Waals surface area contributed by atoms with E-state index in [1.54, 1.807) is 0 Å². The molecule has 1 aliphatic carbocycles. The van der Waals surface area contributed by atoms with Gasteiger partial charge in [-0.2, -0.15) is 0 Å². The van der Waals surface area contributed by atoms with Crippen molar-refractivity contribution in [3.05, 3.63) is 29.8 Å². The monoisotopic (exact) mass is 276 g/mol. The van der Waals surface area contributed by atoms with Crippen LogP contribution in [0.5, 0.6) is 5.75 Å². The van der Waals surface area contributed by atoms with E-state index in [4.69, 9.17) is 9.47 Å². The van der Waals surface area contributed by atoms with Gasteiger partial charge in [0.25, 0.3) is 0 Å². The van der Waals surface area contributed by atoms with Gasteiger partial charge in [-0.3, -0.25) is 4.79 Å². The molecule has 0 aromatic heterocycles. The molecule has 4 nitrogen and oxygen atoms in total. The molecule has 1 saturated carbocycles. The molecule has 1 N–H and O–H groups in total. The van der Waals surface area contributed by atoms with E-state index in [0.29, 0.717) is 31.8 Å². The van der Waals surface area contributed by atoms with E-state index in [2.05, 4.69) is 0 Å². The number of carboxylic acid groups (broad SMARTS) is 1. The Hall–Kier alpha value is -1.55. The summed E-state index contributed by atoms with van der Waals surface area (Å²) in [6.07, 6.45) is 4.51. The lowest BCUT2D eigenvalue weighted by Crippen LogP contribution is -2.41. The molecule has 2 aliphatic rings. The summed E-state index contributed by atoms with van der Waals surface area (Å²) in [5.74, 6) is -0.0109. The lowest BCUT2D eigenvalue weighted by Gasteiger charge is -2.36. The maximum Gasteiger partial charge on any atom is 0.314 e. The normalized spacial score (nSPS) is 22.0. The maximum atomic E-state index is 11.9. The van der Waals surface area contributed by atoms with Crippen molar-refractivity contribution in [2.75, 3.05) is 13.2 Å². The zero-order chi connectivity index (χ0) is 14.0. The van der Waals surface area contributed by atoms with Gasteiger partial charge in [0.2, 0.25) is 0 Å². The molecule has 1 aliphatic heterocycles. The van der Waals surface area contributed by atoms with E-state index in [9.17, 15) is 9.90 Å². The molecule has 20 heavy (non-hydrogen) atoms. The third kappa shape index (κ3) is 2.29. The number of hydrogen-bond acceptors (Lipinski definition) is 3. The van der Waals surface area contributed by atoms with Crippen molar-refractivity contribution in [1.82, 2.24) is 0 Å². The fraction of sp³-hybridized carbons (Fsp3) is 0.562. The smallest absolute Gasteiger partial charge is 0.314 e. The van der Waals surface area contributed by atoms with Crippen LogP contribution in [0.4, 0.5) is 0 Å². The van der Waals surface area contributed by atoms with Crippen molar-refractivity contribution in [2.24, 2.45) is 0 Å². The Morgan fingerprint density at radius 3 is 2.50 bits per heavy atom. The number of carbonyl (C=O) groups is 1. The molecule has 0 unspecified atom stereocenters. The fourth-order valence-corrected chi connectivity index (χ4v) is 3.18. The third-order valence-corrected chi connectivity index (χ3v) is 4.42. The summed E-state index contributed by atoms with van der Waals surface area (Å²) in [5, 5.41) is 9.79. The van der Waals surface area contributed by atoms with Crippen molar-refractivity contribution in [2.45, 2.75) is 43.6 Å². The van der Waals surface area contributed by atoms with Crippen LogP contribution in [0.15, 0.2) is 24.3 Å². The van der Waals surface area contributed by atoms with Gasteiger partial charge in [-0.25, -0.2) is 0 Å². The first-order valence-corrected chi connectivity index (χ1v) is 7.30. The molecule has 0 radical (unpaired) electrons. The first-order valence-electron chi connectivity index (χ1n) is 7.30. The van der Waals surface area contributed by atoms with Crippen LogP contribution < -0.4 is 4.74 Å². The standard InChI is InChI=1S/C16H20O4/c17-15(18)16(8-4-1-5-9-16)13-6-2-3-7-14(13)20-12-10-19-11-12/h2-3,6-7,12H,1,4-5,8-11H2,(H,17,18). The van der Waals surface area contributed by atoms with Crippen LogP contribution in [0.1, 0.15) is 37.7 Å². The van der Waals surface area contributed by atoms with Gasteiger partial charge < -0.3 is 14.6 Å². The van der Waals surface area contributed by atoms with Gasteiger partial charge in [0, 0.05) is 5.56 Å². The Kier molecular flexibility index (Phi) is 3.66. The Bertz CT molecular complexity index is 487. The molecular formula is C16H20O4. The SMILES string of the molecule is O=C(O)C1(c2ccccc2OC2COC2)CCCCC1. The van der Waals surface area contributed by atoms with Gasteiger partial charge in [-0.05, 0) is 18.9 Å². The van der Waals surface area contributed by atoms with Crippen LogP contribution in [0.2, 0.25) is 0 Å². The molecule has 3 rings (SSSR count). The van der Waals surface area contributed by atoms with E-state index in [1.165, 1.54) is 0 Å². The van der Waals surface area contributed by atoms with Crippen molar-refractivity contribution in [1.29, 1.82) is 0 Å². The first kappa shape index (κ1) is 13.4. The molecule has 1 heterocycles. The zero-order valence-corrected chi connectivity index (χ0v) is 11.5. The van der Waals surface area contributed by atoms with Crippen molar-refractivity contribution in [3.8, 4) is 5.75 Å². The molecule has 0 amide bonds. The number of ether oxygens (including phenoxy) is 2. The highest BCUT2D eigenvalue weighted by Crippen LogP contribution is 2.43. The molecule has 0 atom stereocenters. The van der Waals surface area contributed by atoms with Crippen LogP contribution in [-0.4, -0.2) is 30.4 Å². The average Bonchev–Trinajstić information content (AvgIpc) is 2.44. The number of para-hydroxylation sites is 1. The Morgan fingerprint density at radius 2 is 1.90 bits per heavy atom. The molecule has 1 saturated heterocycles. The van der Waals surface area contributed by atoms with E-state index < -0.39 is 11.4 Å². The first-order chi connectivity index (χ1) is 9.72. The second-order valence-corrected chi connectivity index (χ2v) is 5.72. The summed E-state index contributed by atoms with van der Waals surface area (Å²) >= 11 is 0. The minimum Gasteiger partial charge on any atom is -0.485 e. The molecule has 1 aromatic carbocycles. The highest BCUT2D eigenvalue weighted by atomic mass is 16.6. The van der Waals surface area contributed by atoms with Crippen LogP contribution in [0, 0.1) is 0 Å². The molecule has 4 heteroatoms. The van der Waals surface area contributed by atoms with Gasteiger partial charge in [0.05, 0.1) is 18.6 Å². The highest BCUT2D eigenvalue weighted by Gasteiger charge is 2.43. The third-order valence-electron chi connectivity index (χ3n) is 4.42. The number of benzene rings is 1. The molecular weight excluding hydrogens is 256 g/mol. The lowest BCUT2D eigenvalue weighted by atomic mass is 9.69. The molecule has 1 aromatic rings. The average molecular weight is 276 g/mol. The van der Waals surface area contributed by atoms with Crippen LogP contribution in [-0.2, 0) is 14.9 Å². The van der Waals surface area contributed by atoms with E-state index >= 15 is 0 Å². The lowest BCUT2D eigenvalue weighted by molar-refractivity contribution is -0.145. The quantitative estimate of drug-likeness (QED) is 0.918. The molecule has 0 spiro atoms. The Balaban J connectivity index is 1.95. The second kappa shape index (κ2) is 5.44. The van der Waals surface area contributed by atoms with Gasteiger partial charge in [-0.1, -0.05) is 37.5 Å². The van der Waals surface area contributed by atoms with Gasteiger partial charge >= 0.3 is 5.97 Å². The molecule has 2 fully saturated rings. The van der Waals surface area contributed by atoms with E-state index in [-0.39, 0.29) is 6.10 Å². The van der Waals surface area contributed by atoms with Crippen LogP contribution in [0.3, 0.4) is 0 Å².